The van der Waals surface area contributed by atoms with E-state index >= 15 is 0 Å². The Labute approximate surface area is 167 Å². The highest BCUT2D eigenvalue weighted by atomic mass is 16.5. The Morgan fingerprint density at radius 2 is 1.75 bits per heavy atom. The molecule has 1 amide bonds. The molecule has 0 aliphatic rings. The molecule has 0 unspecified atom stereocenters. The van der Waals surface area contributed by atoms with Gasteiger partial charge >= 0.3 is 0 Å². The smallest absolute Gasteiger partial charge is 0.223 e. The summed E-state index contributed by atoms with van der Waals surface area (Å²) >= 11 is 0. The SMILES string of the molecule is CCCc1ccc(OCCNC(=O)[C@@H](C)Cc2cccc3ccccc23)cc1. The molecule has 3 nitrogen and oxygen atoms in total. The third kappa shape index (κ3) is 5.35. The van der Waals surface area contributed by atoms with Gasteiger partial charge in [0.25, 0.3) is 0 Å². The predicted octanol–water partition coefficient (Wildman–Crippen LogP) is 5.17. The minimum atomic E-state index is -0.0841. The van der Waals surface area contributed by atoms with Crippen molar-refractivity contribution in [2.75, 3.05) is 13.2 Å². The molecule has 0 aliphatic heterocycles. The molecule has 0 saturated heterocycles. The van der Waals surface area contributed by atoms with Crippen LogP contribution in [0.2, 0.25) is 0 Å². The van der Waals surface area contributed by atoms with Gasteiger partial charge in [0.2, 0.25) is 5.91 Å². The van der Waals surface area contributed by atoms with Crippen molar-refractivity contribution >= 4 is 16.7 Å². The number of hydrogen-bond acceptors (Lipinski definition) is 2. The molecule has 0 spiro atoms. The highest BCUT2D eigenvalue weighted by Gasteiger charge is 2.14. The van der Waals surface area contributed by atoms with Gasteiger partial charge in [-0.05, 0) is 46.9 Å². The van der Waals surface area contributed by atoms with E-state index in [1.165, 1.54) is 21.9 Å². The van der Waals surface area contributed by atoms with E-state index in [2.05, 4.69) is 54.7 Å². The average Bonchev–Trinajstić information content (AvgIpc) is 2.72. The van der Waals surface area contributed by atoms with E-state index in [0.29, 0.717) is 13.2 Å². The van der Waals surface area contributed by atoms with Gasteiger partial charge in [0, 0.05) is 5.92 Å². The second-order valence-electron chi connectivity index (χ2n) is 7.28. The van der Waals surface area contributed by atoms with Crippen LogP contribution in [0.25, 0.3) is 10.8 Å². The van der Waals surface area contributed by atoms with Gasteiger partial charge in [0.15, 0.2) is 0 Å². The summed E-state index contributed by atoms with van der Waals surface area (Å²) in [5.74, 6) is 0.826. The molecule has 0 fully saturated rings. The van der Waals surface area contributed by atoms with Crippen molar-refractivity contribution in [1.29, 1.82) is 0 Å². The average molecular weight is 376 g/mol. The van der Waals surface area contributed by atoms with Crippen LogP contribution in [0.1, 0.15) is 31.4 Å². The van der Waals surface area contributed by atoms with Gasteiger partial charge < -0.3 is 10.1 Å². The molecular formula is C25H29NO2. The van der Waals surface area contributed by atoms with Crippen molar-refractivity contribution in [3.05, 3.63) is 77.9 Å². The zero-order valence-corrected chi connectivity index (χ0v) is 16.8. The second kappa shape index (κ2) is 9.93. The number of carbonyl (C=O) groups is 1. The minimum absolute atomic E-state index is 0.0647. The molecule has 0 saturated carbocycles. The largest absolute Gasteiger partial charge is 0.492 e. The molecule has 3 aromatic carbocycles. The highest BCUT2D eigenvalue weighted by Crippen LogP contribution is 2.21. The first-order chi connectivity index (χ1) is 13.7. The van der Waals surface area contributed by atoms with Crippen LogP contribution in [0.5, 0.6) is 5.75 Å². The van der Waals surface area contributed by atoms with Gasteiger partial charge in [-0.15, -0.1) is 0 Å². The standard InChI is InChI=1S/C25H29NO2/c1-3-7-20-12-14-23(15-13-20)28-17-16-26-25(27)19(2)18-22-10-6-9-21-8-4-5-11-24(21)22/h4-6,8-15,19H,3,7,16-18H2,1-2H3,(H,26,27)/t19-/m0/s1. The number of hydrogen-bond donors (Lipinski definition) is 1. The zero-order chi connectivity index (χ0) is 19.8. The Bertz CT molecular complexity index is 897. The highest BCUT2D eigenvalue weighted by molar-refractivity contribution is 5.86. The predicted molar refractivity (Wildman–Crippen MR) is 116 cm³/mol. The molecule has 1 atom stereocenters. The van der Waals surface area contributed by atoms with E-state index in [9.17, 15) is 4.79 Å². The van der Waals surface area contributed by atoms with Crippen LogP contribution < -0.4 is 10.1 Å². The molecule has 0 aliphatic carbocycles. The summed E-state index contributed by atoms with van der Waals surface area (Å²) in [5, 5.41) is 5.42. The first-order valence-electron chi connectivity index (χ1n) is 10.1. The van der Waals surface area contributed by atoms with Crippen LogP contribution in [0.15, 0.2) is 66.7 Å². The molecule has 0 aromatic heterocycles. The fourth-order valence-electron chi connectivity index (χ4n) is 3.45. The fourth-order valence-corrected chi connectivity index (χ4v) is 3.45. The first kappa shape index (κ1) is 19.9. The van der Waals surface area contributed by atoms with Gasteiger partial charge in [-0.25, -0.2) is 0 Å². The van der Waals surface area contributed by atoms with E-state index in [0.717, 1.165) is 25.0 Å². The number of nitrogens with one attached hydrogen (secondary N) is 1. The molecule has 28 heavy (non-hydrogen) atoms. The van der Waals surface area contributed by atoms with E-state index in [4.69, 9.17) is 4.74 Å². The van der Waals surface area contributed by atoms with E-state index in [1.54, 1.807) is 0 Å². The Kier molecular flexibility index (Phi) is 7.07. The molecular weight excluding hydrogens is 346 g/mol. The van der Waals surface area contributed by atoms with Crippen LogP contribution in [0.4, 0.5) is 0 Å². The number of ether oxygens (including phenoxy) is 1. The van der Waals surface area contributed by atoms with Crippen molar-refractivity contribution in [3.8, 4) is 5.75 Å². The lowest BCUT2D eigenvalue weighted by Crippen LogP contribution is -2.33. The van der Waals surface area contributed by atoms with Crippen molar-refractivity contribution < 1.29 is 9.53 Å². The molecule has 3 aromatic rings. The Morgan fingerprint density at radius 3 is 2.54 bits per heavy atom. The van der Waals surface area contributed by atoms with Crippen molar-refractivity contribution in [1.82, 2.24) is 5.32 Å². The van der Waals surface area contributed by atoms with Crippen molar-refractivity contribution in [3.63, 3.8) is 0 Å². The van der Waals surface area contributed by atoms with Crippen LogP contribution >= 0.6 is 0 Å². The van der Waals surface area contributed by atoms with Gasteiger partial charge in [0.1, 0.15) is 12.4 Å². The Balaban J connectivity index is 1.45. The zero-order valence-electron chi connectivity index (χ0n) is 16.8. The molecule has 3 heteroatoms. The van der Waals surface area contributed by atoms with Crippen molar-refractivity contribution in [2.24, 2.45) is 5.92 Å². The summed E-state index contributed by atoms with van der Waals surface area (Å²) in [7, 11) is 0. The Hall–Kier alpha value is -2.81. The van der Waals surface area contributed by atoms with Gasteiger partial charge in [0.05, 0.1) is 6.54 Å². The van der Waals surface area contributed by atoms with Crippen LogP contribution in [-0.2, 0) is 17.6 Å². The van der Waals surface area contributed by atoms with Gasteiger partial charge in [-0.1, -0.05) is 74.9 Å². The second-order valence-corrected chi connectivity index (χ2v) is 7.28. The number of rotatable bonds is 9. The summed E-state index contributed by atoms with van der Waals surface area (Å²) in [6, 6.07) is 22.8. The number of fused-ring (bicyclic) bond motifs is 1. The third-order valence-corrected chi connectivity index (χ3v) is 4.99. The number of aryl methyl sites for hydroxylation is 1. The van der Waals surface area contributed by atoms with Gasteiger partial charge in [-0.2, -0.15) is 0 Å². The lowest BCUT2D eigenvalue weighted by molar-refractivity contribution is -0.124. The molecule has 0 radical (unpaired) electrons. The molecule has 0 bridgehead atoms. The van der Waals surface area contributed by atoms with Gasteiger partial charge in [-0.3, -0.25) is 4.79 Å². The monoisotopic (exact) mass is 375 g/mol. The van der Waals surface area contributed by atoms with Crippen LogP contribution in [-0.4, -0.2) is 19.1 Å². The molecule has 1 N–H and O–H groups in total. The van der Waals surface area contributed by atoms with Crippen molar-refractivity contribution in [2.45, 2.75) is 33.1 Å². The summed E-state index contributed by atoms with van der Waals surface area (Å²) in [6.45, 7) is 5.13. The number of benzene rings is 3. The summed E-state index contributed by atoms with van der Waals surface area (Å²) in [6.07, 6.45) is 2.96. The molecule has 146 valence electrons. The maximum atomic E-state index is 12.4. The number of carbonyl (C=O) groups excluding carboxylic acids is 1. The Morgan fingerprint density at radius 1 is 1.00 bits per heavy atom. The minimum Gasteiger partial charge on any atom is -0.492 e. The van der Waals surface area contributed by atoms with Crippen LogP contribution in [0.3, 0.4) is 0 Å². The topological polar surface area (TPSA) is 38.3 Å². The molecule has 3 rings (SSSR count). The number of amides is 1. The van der Waals surface area contributed by atoms with Crippen LogP contribution in [0, 0.1) is 5.92 Å². The van der Waals surface area contributed by atoms with E-state index < -0.39 is 0 Å². The lowest BCUT2D eigenvalue weighted by Gasteiger charge is -2.14. The molecule has 0 heterocycles. The normalized spacial score (nSPS) is 11.9. The summed E-state index contributed by atoms with van der Waals surface area (Å²) in [5.41, 5.74) is 2.54. The summed E-state index contributed by atoms with van der Waals surface area (Å²) < 4.78 is 5.73. The van der Waals surface area contributed by atoms with E-state index in [1.807, 2.05) is 31.2 Å². The summed E-state index contributed by atoms with van der Waals surface area (Å²) in [4.78, 5) is 12.4. The quantitative estimate of drug-likeness (QED) is 0.524. The fraction of sp³-hybridized carbons (Fsp3) is 0.320. The maximum absolute atomic E-state index is 12.4. The maximum Gasteiger partial charge on any atom is 0.223 e. The third-order valence-electron chi connectivity index (χ3n) is 4.99. The van der Waals surface area contributed by atoms with E-state index in [-0.39, 0.29) is 11.8 Å². The lowest BCUT2D eigenvalue weighted by atomic mass is 9.95. The first-order valence-corrected chi connectivity index (χ1v) is 10.1.